The molecule has 0 aromatic carbocycles. The van der Waals surface area contributed by atoms with E-state index in [1.165, 1.54) is 17.4 Å². The van der Waals surface area contributed by atoms with Gasteiger partial charge in [-0.05, 0) is 19.3 Å². The summed E-state index contributed by atoms with van der Waals surface area (Å²) in [7, 11) is 0. The molecule has 15 heteroatoms. The summed E-state index contributed by atoms with van der Waals surface area (Å²) in [6, 6.07) is -5.12. The topological polar surface area (TPSA) is 245 Å². The number of carbonyl (C=O) groups excluding carboxylic acids is 3. The number of H-pyrrole nitrogens is 1. The van der Waals surface area contributed by atoms with Gasteiger partial charge < -0.3 is 41.6 Å². The molecule has 1 saturated heterocycles. The van der Waals surface area contributed by atoms with E-state index in [1.807, 2.05) is 0 Å². The Morgan fingerprint density at radius 1 is 1.11 bits per heavy atom. The Kier molecular flexibility index (Phi) is 9.69. The molecule has 0 saturated carbocycles. The third-order valence-electron chi connectivity index (χ3n) is 5.42. The van der Waals surface area contributed by atoms with Crippen molar-refractivity contribution in [2.45, 2.75) is 62.7 Å². The van der Waals surface area contributed by atoms with Gasteiger partial charge in [-0.2, -0.15) is 0 Å². The molecule has 8 N–H and O–H groups in total. The van der Waals surface area contributed by atoms with Gasteiger partial charge in [0.15, 0.2) is 0 Å². The van der Waals surface area contributed by atoms with E-state index in [0.717, 1.165) is 0 Å². The molecular formula is C20H28N6O9. The Balaban J connectivity index is 2.15. The molecule has 1 aromatic heterocycles. The molecule has 35 heavy (non-hydrogen) atoms. The van der Waals surface area contributed by atoms with Crippen LogP contribution in [0.1, 0.15) is 37.8 Å². The van der Waals surface area contributed by atoms with Crippen LogP contribution in [0, 0.1) is 0 Å². The maximum Gasteiger partial charge on any atom is 0.326 e. The van der Waals surface area contributed by atoms with E-state index in [1.54, 1.807) is 0 Å². The second-order valence-corrected chi connectivity index (χ2v) is 8.07. The van der Waals surface area contributed by atoms with Gasteiger partial charge in [-0.1, -0.05) is 0 Å². The van der Waals surface area contributed by atoms with E-state index in [0.29, 0.717) is 12.1 Å². The fourth-order valence-electron chi connectivity index (χ4n) is 3.68. The molecule has 1 fully saturated rings. The van der Waals surface area contributed by atoms with Crippen molar-refractivity contribution in [3.8, 4) is 0 Å². The first-order chi connectivity index (χ1) is 16.5. The number of likely N-dealkylation sites (tertiary alicyclic amines) is 1. The number of hydrogen-bond donors (Lipinski definition) is 7. The number of carboxylic acids is 3. The van der Waals surface area contributed by atoms with Gasteiger partial charge in [-0.15, -0.1) is 0 Å². The normalized spacial score (nSPS) is 17.7. The lowest BCUT2D eigenvalue weighted by Gasteiger charge is -2.28. The number of aliphatic carboxylic acids is 3. The van der Waals surface area contributed by atoms with Crippen LogP contribution in [0.3, 0.4) is 0 Å². The average molecular weight is 496 g/mol. The fourth-order valence-corrected chi connectivity index (χ4v) is 3.68. The highest BCUT2D eigenvalue weighted by Gasteiger charge is 2.38. The van der Waals surface area contributed by atoms with Crippen LogP contribution in [-0.2, 0) is 35.2 Å². The summed E-state index contributed by atoms with van der Waals surface area (Å²) in [5.41, 5.74) is 6.11. The number of imidazole rings is 1. The molecule has 4 atom stereocenters. The largest absolute Gasteiger partial charge is 0.481 e. The van der Waals surface area contributed by atoms with Crippen LogP contribution in [0.4, 0.5) is 0 Å². The molecule has 1 aliphatic rings. The highest BCUT2D eigenvalue weighted by atomic mass is 16.4. The number of nitrogens with two attached hydrogens (primary N) is 1. The van der Waals surface area contributed by atoms with Crippen molar-refractivity contribution < 1.29 is 44.1 Å². The zero-order valence-corrected chi connectivity index (χ0v) is 18.7. The smallest absolute Gasteiger partial charge is 0.326 e. The maximum absolute atomic E-state index is 13.0. The standard InChI is InChI=1S/C20H28N6O9/c21-11(7-16(29)30)19(33)26-5-1-2-14(26)18(32)25-13(6-10-8-22-9-23-10)17(31)24-12(20(34)35)3-4-15(27)28/h8-9,11-14H,1-7,21H2,(H,22,23)(H,24,31)(H,25,32)(H,27,28)(H,29,30)(H,34,35). The number of rotatable bonds is 13. The SMILES string of the molecule is NC(CC(=O)O)C(=O)N1CCCC1C(=O)NC(Cc1cnc[nH]1)C(=O)NC(CCC(=O)O)C(=O)O. The number of aromatic amines is 1. The number of aromatic nitrogens is 2. The quantitative estimate of drug-likeness (QED) is 0.152. The molecule has 0 spiro atoms. The lowest BCUT2D eigenvalue weighted by molar-refractivity contribution is -0.144. The Morgan fingerprint density at radius 3 is 2.40 bits per heavy atom. The van der Waals surface area contributed by atoms with Gasteiger partial charge in [-0.25, -0.2) is 9.78 Å². The second-order valence-electron chi connectivity index (χ2n) is 8.07. The fraction of sp³-hybridized carbons (Fsp3) is 0.550. The number of nitrogens with zero attached hydrogens (tertiary/aromatic N) is 2. The first-order valence-electron chi connectivity index (χ1n) is 10.8. The van der Waals surface area contributed by atoms with Crippen molar-refractivity contribution >= 4 is 35.6 Å². The van der Waals surface area contributed by atoms with E-state index in [9.17, 15) is 33.9 Å². The van der Waals surface area contributed by atoms with E-state index in [4.69, 9.17) is 15.9 Å². The molecule has 0 radical (unpaired) electrons. The lowest BCUT2D eigenvalue weighted by atomic mass is 10.1. The third-order valence-corrected chi connectivity index (χ3v) is 5.42. The van der Waals surface area contributed by atoms with Crippen molar-refractivity contribution in [1.82, 2.24) is 25.5 Å². The maximum atomic E-state index is 13.0. The molecular weight excluding hydrogens is 468 g/mol. The van der Waals surface area contributed by atoms with Crippen LogP contribution < -0.4 is 16.4 Å². The minimum absolute atomic E-state index is 0.0952. The lowest BCUT2D eigenvalue weighted by Crippen LogP contribution is -2.57. The number of amides is 3. The van der Waals surface area contributed by atoms with Crippen molar-refractivity contribution in [3.05, 3.63) is 18.2 Å². The van der Waals surface area contributed by atoms with Crippen molar-refractivity contribution in [2.75, 3.05) is 6.54 Å². The Labute approximate surface area is 199 Å². The molecule has 2 rings (SSSR count). The molecule has 192 valence electrons. The van der Waals surface area contributed by atoms with Gasteiger partial charge in [0.1, 0.15) is 18.1 Å². The van der Waals surface area contributed by atoms with E-state index in [2.05, 4.69) is 20.6 Å². The molecule has 1 aromatic rings. The van der Waals surface area contributed by atoms with E-state index >= 15 is 0 Å². The van der Waals surface area contributed by atoms with Gasteiger partial charge in [-0.3, -0.25) is 24.0 Å². The first-order valence-corrected chi connectivity index (χ1v) is 10.8. The van der Waals surface area contributed by atoms with Gasteiger partial charge >= 0.3 is 17.9 Å². The predicted molar refractivity (Wildman–Crippen MR) is 116 cm³/mol. The average Bonchev–Trinajstić information content (AvgIpc) is 3.46. The van der Waals surface area contributed by atoms with Crippen LogP contribution in [0.5, 0.6) is 0 Å². The Morgan fingerprint density at radius 2 is 1.83 bits per heavy atom. The van der Waals surface area contributed by atoms with Crippen LogP contribution in [0.15, 0.2) is 12.5 Å². The predicted octanol–water partition coefficient (Wildman–Crippen LogP) is -2.34. The van der Waals surface area contributed by atoms with Crippen molar-refractivity contribution in [3.63, 3.8) is 0 Å². The molecule has 2 heterocycles. The summed E-state index contributed by atoms with van der Waals surface area (Å²) in [5, 5.41) is 31.8. The number of carbonyl (C=O) groups is 6. The molecule has 0 bridgehead atoms. The van der Waals surface area contributed by atoms with Gasteiger partial charge in [0.25, 0.3) is 0 Å². The zero-order chi connectivity index (χ0) is 26.1. The Hall–Kier alpha value is -4.01. The summed E-state index contributed by atoms with van der Waals surface area (Å²) in [4.78, 5) is 79.4. The van der Waals surface area contributed by atoms with Crippen molar-refractivity contribution in [1.29, 1.82) is 0 Å². The minimum atomic E-state index is -1.50. The molecule has 0 aliphatic carbocycles. The first kappa shape index (κ1) is 27.2. The number of nitrogens with one attached hydrogen (secondary N) is 3. The summed E-state index contributed by atoms with van der Waals surface area (Å²) < 4.78 is 0. The Bertz CT molecular complexity index is 951. The molecule has 3 amide bonds. The van der Waals surface area contributed by atoms with Gasteiger partial charge in [0, 0.05) is 31.3 Å². The molecule has 15 nitrogen and oxygen atoms in total. The third kappa shape index (κ3) is 8.06. The van der Waals surface area contributed by atoms with Crippen LogP contribution in [0.2, 0.25) is 0 Å². The summed E-state index contributed by atoms with van der Waals surface area (Å²) in [6.45, 7) is 0.178. The highest BCUT2D eigenvalue weighted by Crippen LogP contribution is 2.19. The number of carboxylic acid groups (broad SMARTS) is 3. The summed E-state index contributed by atoms with van der Waals surface area (Å²) in [6.07, 6.45) is 1.90. The molecule has 1 aliphatic heterocycles. The zero-order valence-electron chi connectivity index (χ0n) is 18.7. The summed E-state index contributed by atoms with van der Waals surface area (Å²) >= 11 is 0. The molecule has 4 unspecified atom stereocenters. The van der Waals surface area contributed by atoms with Crippen LogP contribution >= 0.6 is 0 Å². The van der Waals surface area contributed by atoms with Crippen LogP contribution in [0.25, 0.3) is 0 Å². The number of hydrogen-bond acceptors (Lipinski definition) is 8. The second kappa shape index (κ2) is 12.5. The highest BCUT2D eigenvalue weighted by molar-refractivity contribution is 5.95. The minimum Gasteiger partial charge on any atom is -0.481 e. The van der Waals surface area contributed by atoms with E-state index in [-0.39, 0.29) is 25.8 Å². The monoisotopic (exact) mass is 496 g/mol. The van der Waals surface area contributed by atoms with Gasteiger partial charge in [0.05, 0.1) is 18.8 Å². The van der Waals surface area contributed by atoms with Crippen LogP contribution in [-0.4, -0.2) is 96.5 Å². The van der Waals surface area contributed by atoms with Gasteiger partial charge in [0.2, 0.25) is 17.7 Å². The van der Waals surface area contributed by atoms with E-state index < -0.39 is 72.6 Å². The van der Waals surface area contributed by atoms with Crippen molar-refractivity contribution in [2.24, 2.45) is 5.73 Å². The summed E-state index contributed by atoms with van der Waals surface area (Å²) in [5.74, 6) is -6.22.